The van der Waals surface area contributed by atoms with E-state index in [4.69, 9.17) is 5.11 Å². The summed E-state index contributed by atoms with van der Waals surface area (Å²) in [6.45, 7) is -0.640. The van der Waals surface area contributed by atoms with Crippen LogP contribution in [0.3, 0.4) is 0 Å². The molecule has 6 nitrogen and oxygen atoms in total. The molecule has 9 heteroatoms. The number of carbonyl (C=O) groups excluding carboxylic acids is 1. The van der Waals surface area contributed by atoms with Crippen molar-refractivity contribution < 1.29 is 18.3 Å². The fraction of sp³-hybridized carbons (Fsp3) is 0.0833. The molecule has 1 aromatic carbocycles. The number of aliphatic hydroxyl groups is 1. The van der Waals surface area contributed by atoms with Crippen molar-refractivity contribution in [3.63, 3.8) is 0 Å². The van der Waals surface area contributed by atoms with E-state index in [0.29, 0.717) is 15.2 Å². The molecule has 21 heavy (non-hydrogen) atoms. The predicted octanol–water partition coefficient (Wildman–Crippen LogP) is 2.24. The van der Waals surface area contributed by atoms with Crippen LogP contribution in [0.1, 0.15) is 0 Å². The first-order chi connectivity index (χ1) is 9.90. The van der Waals surface area contributed by atoms with Gasteiger partial charge in [-0.3, -0.25) is 9.52 Å². The fourth-order valence-electron chi connectivity index (χ4n) is 1.51. The van der Waals surface area contributed by atoms with Gasteiger partial charge < -0.3 is 10.4 Å². The number of rotatable bonds is 5. The molecule has 0 unspecified atom stereocenters. The number of thiophene rings is 1. The molecule has 2 aromatic rings. The lowest BCUT2D eigenvalue weighted by Crippen LogP contribution is -2.16. The molecule has 0 spiro atoms. The molecule has 1 heterocycles. The van der Waals surface area contributed by atoms with Gasteiger partial charge in [0, 0.05) is 5.69 Å². The van der Waals surface area contributed by atoms with E-state index in [0.717, 1.165) is 11.3 Å². The standard InChI is InChI=1S/C12H11BrN2O4S2/c13-10-4-5-12(20-10)21(18,19)15-9-3-1-2-8(6-9)14-11(17)7-16/h1-6,15-16H,7H2,(H,14,17). The molecule has 112 valence electrons. The van der Waals surface area contributed by atoms with Crippen LogP contribution in [-0.4, -0.2) is 26.0 Å². The van der Waals surface area contributed by atoms with Gasteiger partial charge >= 0.3 is 0 Å². The topological polar surface area (TPSA) is 95.5 Å². The summed E-state index contributed by atoms with van der Waals surface area (Å²) in [6, 6.07) is 9.36. The highest BCUT2D eigenvalue weighted by Gasteiger charge is 2.16. The quantitative estimate of drug-likeness (QED) is 0.729. The van der Waals surface area contributed by atoms with Gasteiger partial charge in [0.25, 0.3) is 10.0 Å². The molecule has 0 bridgehead atoms. The minimum atomic E-state index is -3.67. The van der Waals surface area contributed by atoms with Crippen molar-refractivity contribution >= 4 is 54.6 Å². The molecule has 1 aromatic heterocycles. The summed E-state index contributed by atoms with van der Waals surface area (Å²) in [6.07, 6.45) is 0. The maximum atomic E-state index is 12.2. The normalized spacial score (nSPS) is 11.1. The zero-order valence-corrected chi connectivity index (χ0v) is 13.8. The van der Waals surface area contributed by atoms with Gasteiger partial charge in [0.05, 0.1) is 9.47 Å². The Morgan fingerprint density at radius 3 is 2.57 bits per heavy atom. The lowest BCUT2D eigenvalue weighted by Gasteiger charge is -2.08. The Kier molecular flexibility index (Phi) is 4.99. The highest BCUT2D eigenvalue weighted by atomic mass is 79.9. The Bertz CT molecular complexity index is 758. The first-order valence-electron chi connectivity index (χ1n) is 5.69. The van der Waals surface area contributed by atoms with Gasteiger partial charge in [-0.25, -0.2) is 8.42 Å². The lowest BCUT2D eigenvalue weighted by molar-refractivity contribution is -0.118. The maximum absolute atomic E-state index is 12.2. The minimum absolute atomic E-state index is 0.180. The zero-order chi connectivity index (χ0) is 15.5. The van der Waals surface area contributed by atoms with Crippen LogP contribution < -0.4 is 10.0 Å². The number of benzene rings is 1. The highest BCUT2D eigenvalue weighted by molar-refractivity contribution is 9.11. The summed E-state index contributed by atoms with van der Waals surface area (Å²) in [5.74, 6) is -0.572. The first kappa shape index (κ1) is 16.0. The van der Waals surface area contributed by atoms with Crippen LogP contribution in [-0.2, 0) is 14.8 Å². The van der Waals surface area contributed by atoms with E-state index in [9.17, 15) is 13.2 Å². The molecular formula is C12H11BrN2O4S2. The van der Waals surface area contributed by atoms with Gasteiger partial charge in [-0.1, -0.05) is 6.07 Å². The SMILES string of the molecule is O=C(CO)Nc1cccc(NS(=O)(=O)c2ccc(Br)s2)c1. The molecule has 1 amide bonds. The molecule has 0 saturated heterocycles. The van der Waals surface area contributed by atoms with Crippen LogP contribution >= 0.6 is 27.3 Å². The van der Waals surface area contributed by atoms with Crippen molar-refractivity contribution in [2.24, 2.45) is 0 Å². The Hall–Kier alpha value is -1.42. The van der Waals surface area contributed by atoms with E-state index in [1.54, 1.807) is 24.3 Å². The van der Waals surface area contributed by atoms with Crippen molar-refractivity contribution in [2.45, 2.75) is 4.21 Å². The van der Waals surface area contributed by atoms with Crippen LogP contribution in [0.2, 0.25) is 0 Å². The van der Waals surface area contributed by atoms with E-state index in [1.807, 2.05) is 0 Å². The van der Waals surface area contributed by atoms with Crippen LogP contribution in [0.5, 0.6) is 0 Å². The summed E-state index contributed by atoms with van der Waals surface area (Å²) < 4.78 is 27.6. The van der Waals surface area contributed by atoms with Crippen molar-refractivity contribution in [1.82, 2.24) is 0 Å². The van der Waals surface area contributed by atoms with Crippen LogP contribution in [0.4, 0.5) is 11.4 Å². The average Bonchev–Trinajstić information content (AvgIpc) is 2.86. The number of hydrogen-bond donors (Lipinski definition) is 3. The number of carbonyl (C=O) groups is 1. The Morgan fingerprint density at radius 2 is 1.95 bits per heavy atom. The third kappa shape index (κ3) is 4.27. The average molecular weight is 391 g/mol. The summed E-state index contributed by atoms with van der Waals surface area (Å²) in [5.41, 5.74) is 0.705. The molecule has 3 N–H and O–H groups in total. The second-order valence-electron chi connectivity index (χ2n) is 3.95. The number of nitrogens with one attached hydrogen (secondary N) is 2. The van der Waals surface area contributed by atoms with E-state index in [2.05, 4.69) is 26.0 Å². The Morgan fingerprint density at radius 1 is 1.24 bits per heavy atom. The summed E-state index contributed by atoms with van der Waals surface area (Å²) in [4.78, 5) is 11.1. The number of sulfonamides is 1. The van der Waals surface area contributed by atoms with Gasteiger partial charge in [-0.05, 0) is 46.3 Å². The van der Waals surface area contributed by atoms with Crippen LogP contribution in [0, 0.1) is 0 Å². The third-order valence-electron chi connectivity index (χ3n) is 2.36. The zero-order valence-electron chi connectivity index (χ0n) is 10.5. The Balaban J connectivity index is 2.19. The molecule has 0 radical (unpaired) electrons. The monoisotopic (exact) mass is 390 g/mol. The molecule has 0 saturated carbocycles. The van der Waals surface area contributed by atoms with E-state index in [-0.39, 0.29) is 4.21 Å². The predicted molar refractivity (Wildman–Crippen MR) is 85.0 cm³/mol. The van der Waals surface area contributed by atoms with Gasteiger partial charge in [0.1, 0.15) is 10.8 Å². The molecular weight excluding hydrogens is 380 g/mol. The summed E-state index contributed by atoms with van der Waals surface area (Å²) in [5, 5.41) is 11.1. The number of halogens is 1. The second-order valence-corrected chi connectivity index (χ2v) is 8.32. The molecule has 0 aliphatic rings. The number of hydrogen-bond acceptors (Lipinski definition) is 5. The van der Waals surface area contributed by atoms with Gasteiger partial charge in [-0.2, -0.15) is 0 Å². The number of amides is 1. The van der Waals surface area contributed by atoms with E-state index in [1.165, 1.54) is 12.1 Å². The largest absolute Gasteiger partial charge is 0.387 e. The number of aliphatic hydroxyl groups excluding tert-OH is 1. The van der Waals surface area contributed by atoms with Gasteiger partial charge in [0.15, 0.2) is 0 Å². The lowest BCUT2D eigenvalue weighted by atomic mass is 10.3. The number of anilines is 2. The van der Waals surface area contributed by atoms with Crippen molar-refractivity contribution in [1.29, 1.82) is 0 Å². The summed E-state index contributed by atoms with van der Waals surface area (Å²) >= 11 is 4.31. The first-order valence-corrected chi connectivity index (χ1v) is 8.79. The summed E-state index contributed by atoms with van der Waals surface area (Å²) in [7, 11) is -3.67. The van der Waals surface area contributed by atoms with Gasteiger partial charge in [0.2, 0.25) is 5.91 Å². The maximum Gasteiger partial charge on any atom is 0.271 e. The third-order valence-corrected chi connectivity index (χ3v) is 5.85. The minimum Gasteiger partial charge on any atom is -0.387 e. The van der Waals surface area contributed by atoms with Crippen LogP contribution in [0.25, 0.3) is 0 Å². The smallest absolute Gasteiger partial charge is 0.271 e. The molecule has 0 fully saturated rings. The second kappa shape index (κ2) is 6.56. The van der Waals surface area contributed by atoms with Crippen molar-refractivity contribution in [2.75, 3.05) is 16.6 Å². The molecule has 0 atom stereocenters. The Labute approximate surface area is 134 Å². The molecule has 0 aliphatic carbocycles. The van der Waals surface area contributed by atoms with Gasteiger partial charge in [-0.15, -0.1) is 11.3 Å². The molecule has 2 rings (SSSR count). The van der Waals surface area contributed by atoms with E-state index < -0.39 is 22.5 Å². The van der Waals surface area contributed by atoms with Crippen LogP contribution in [0.15, 0.2) is 44.4 Å². The van der Waals surface area contributed by atoms with Crippen molar-refractivity contribution in [3.8, 4) is 0 Å². The van der Waals surface area contributed by atoms with Crippen molar-refractivity contribution in [3.05, 3.63) is 40.2 Å². The van der Waals surface area contributed by atoms with E-state index >= 15 is 0 Å². The highest BCUT2D eigenvalue weighted by Crippen LogP contribution is 2.28. The molecule has 0 aliphatic heterocycles. The fourth-order valence-corrected chi connectivity index (χ4v) is 4.57.